The zero-order valence-electron chi connectivity index (χ0n) is 16.0. The maximum absolute atomic E-state index is 12.7. The second-order valence-corrected chi connectivity index (χ2v) is 7.25. The molecule has 0 bridgehead atoms. The van der Waals surface area contributed by atoms with E-state index in [1.807, 2.05) is 43.3 Å². The van der Waals surface area contributed by atoms with Gasteiger partial charge in [0, 0.05) is 42.4 Å². The monoisotopic (exact) mass is 376 g/mol. The van der Waals surface area contributed by atoms with Crippen LogP contribution in [0, 0.1) is 6.92 Å². The number of anilines is 1. The molecule has 3 aromatic rings. The zero-order chi connectivity index (χ0) is 19.5. The molecule has 1 amide bonds. The fourth-order valence-corrected chi connectivity index (χ4v) is 3.78. The number of Topliss-reactive ketones (excluding diaryl/α,β-unsaturated/α-hetero) is 1. The number of para-hydroxylation sites is 1. The number of rotatable bonds is 5. The largest absolute Gasteiger partial charge is 0.358 e. The maximum atomic E-state index is 12.7. The van der Waals surface area contributed by atoms with E-state index in [4.69, 9.17) is 0 Å². The highest BCUT2D eigenvalue weighted by atomic mass is 16.2. The number of piperidine rings is 1. The van der Waals surface area contributed by atoms with Crippen LogP contribution in [0.15, 0.2) is 42.6 Å². The minimum atomic E-state index is -0.604. The van der Waals surface area contributed by atoms with Crippen molar-refractivity contribution in [3.05, 3.63) is 59.4 Å². The molecule has 3 heterocycles. The van der Waals surface area contributed by atoms with Gasteiger partial charge in [-0.15, -0.1) is 0 Å². The summed E-state index contributed by atoms with van der Waals surface area (Å²) < 4.78 is 0. The highest BCUT2D eigenvalue weighted by molar-refractivity contribution is 6.45. The molecule has 0 radical (unpaired) electrons. The predicted octanol–water partition coefficient (Wildman–Crippen LogP) is 3.36. The summed E-state index contributed by atoms with van der Waals surface area (Å²) in [4.78, 5) is 35.1. The van der Waals surface area contributed by atoms with E-state index in [1.54, 1.807) is 6.20 Å². The first kappa shape index (κ1) is 18.2. The summed E-state index contributed by atoms with van der Waals surface area (Å²) in [6.07, 6.45) is 5.46. The van der Waals surface area contributed by atoms with Crippen LogP contribution in [-0.4, -0.2) is 34.7 Å². The topological polar surface area (TPSA) is 78.1 Å². The van der Waals surface area contributed by atoms with Crippen LogP contribution in [0.1, 0.15) is 40.9 Å². The van der Waals surface area contributed by atoms with E-state index in [-0.39, 0.29) is 6.54 Å². The van der Waals surface area contributed by atoms with Gasteiger partial charge in [0.2, 0.25) is 0 Å². The van der Waals surface area contributed by atoms with Crippen LogP contribution < -0.4 is 10.2 Å². The number of aromatic nitrogens is 2. The van der Waals surface area contributed by atoms with Crippen molar-refractivity contribution in [1.29, 1.82) is 0 Å². The van der Waals surface area contributed by atoms with Crippen molar-refractivity contribution in [3.8, 4) is 0 Å². The molecule has 4 rings (SSSR count). The molecule has 1 aliphatic rings. The Balaban J connectivity index is 1.41. The van der Waals surface area contributed by atoms with Crippen LogP contribution in [0.5, 0.6) is 0 Å². The Hall–Kier alpha value is -3.15. The first-order valence-electron chi connectivity index (χ1n) is 9.73. The highest BCUT2D eigenvalue weighted by Crippen LogP contribution is 2.22. The lowest BCUT2D eigenvalue weighted by Gasteiger charge is -2.27. The van der Waals surface area contributed by atoms with Crippen molar-refractivity contribution >= 4 is 28.4 Å². The fourth-order valence-electron chi connectivity index (χ4n) is 3.78. The number of hydrogen-bond acceptors (Lipinski definition) is 4. The Kier molecular flexibility index (Phi) is 5.10. The van der Waals surface area contributed by atoms with Gasteiger partial charge < -0.3 is 15.2 Å². The van der Waals surface area contributed by atoms with Crippen molar-refractivity contribution < 1.29 is 9.59 Å². The highest BCUT2D eigenvalue weighted by Gasteiger charge is 2.22. The minimum absolute atomic E-state index is 0.277. The van der Waals surface area contributed by atoms with Gasteiger partial charge in [-0.25, -0.2) is 4.98 Å². The minimum Gasteiger partial charge on any atom is -0.358 e. The van der Waals surface area contributed by atoms with Crippen LogP contribution in [0.3, 0.4) is 0 Å². The number of aryl methyl sites for hydroxylation is 1. The average molecular weight is 376 g/mol. The third-order valence-corrected chi connectivity index (χ3v) is 5.27. The van der Waals surface area contributed by atoms with Crippen LogP contribution in [-0.2, 0) is 11.3 Å². The number of nitrogens with zero attached hydrogens (tertiary/aromatic N) is 2. The molecule has 0 atom stereocenters. The van der Waals surface area contributed by atoms with Crippen molar-refractivity contribution in [2.45, 2.75) is 32.7 Å². The lowest BCUT2D eigenvalue weighted by molar-refractivity contribution is -0.117. The molecule has 2 aromatic heterocycles. The molecule has 1 aromatic carbocycles. The predicted molar refractivity (Wildman–Crippen MR) is 110 cm³/mol. The van der Waals surface area contributed by atoms with Crippen molar-refractivity contribution in [2.75, 3.05) is 18.0 Å². The maximum Gasteiger partial charge on any atom is 0.292 e. The number of fused-ring (bicyclic) bond motifs is 1. The van der Waals surface area contributed by atoms with Crippen LogP contribution in [0.25, 0.3) is 10.9 Å². The number of amides is 1. The molecule has 6 heteroatoms. The number of carbonyl (C=O) groups excluding carboxylic acids is 2. The quantitative estimate of drug-likeness (QED) is 0.529. The van der Waals surface area contributed by atoms with Crippen molar-refractivity contribution in [2.24, 2.45) is 0 Å². The van der Waals surface area contributed by atoms with Gasteiger partial charge in [0.25, 0.3) is 11.7 Å². The number of ketones is 1. The van der Waals surface area contributed by atoms with E-state index >= 15 is 0 Å². The van der Waals surface area contributed by atoms with Gasteiger partial charge in [-0.2, -0.15) is 0 Å². The number of H-pyrrole nitrogens is 1. The van der Waals surface area contributed by atoms with Gasteiger partial charge in [-0.3, -0.25) is 9.59 Å². The van der Waals surface area contributed by atoms with Crippen LogP contribution >= 0.6 is 0 Å². The molecule has 28 heavy (non-hydrogen) atoms. The Labute approximate surface area is 164 Å². The number of carbonyl (C=O) groups is 2. The number of aromatic amines is 1. The second-order valence-electron chi connectivity index (χ2n) is 7.25. The molecular formula is C22H24N4O2. The molecule has 0 unspecified atom stereocenters. The van der Waals surface area contributed by atoms with E-state index in [2.05, 4.69) is 20.2 Å². The molecular weight excluding hydrogens is 352 g/mol. The lowest BCUT2D eigenvalue weighted by atomic mass is 10.1. The normalized spacial score (nSPS) is 14.2. The van der Waals surface area contributed by atoms with Crippen LogP contribution in [0.4, 0.5) is 5.82 Å². The Morgan fingerprint density at radius 1 is 1.11 bits per heavy atom. The van der Waals surface area contributed by atoms with Gasteiger partial charge in [0.15, 0.2) is 0 Å². The SMILES string of the molecule is Cc1[nH]c2ccccc2c1C(=O)C(=O)NCc1ccc(N2CCCCC2)nc1. The Morgan fingerprint density at radius 3 is 2.64 bits per heavy atom. The second kappa shape index (κ2) is 7.84. The summed E-state index contributed by atoms with van der Waals surface area (Å²) in [7, 11) is 0. The number of nitrogens with one attached hydrogen (secondary N) is 2. The molecule has 144 valence electrons. The molecule has 2 N–H and O–H groups in total. The Morgan fingerprint density at radius 2 is 1.89 bits per heavy atom. The van der Waals surface area contributed by atoms with Crippen LogP contribution in [0.2, 0.25) is 0 Å². The average Bonchev–Trinajstić information content (AvgIpc) is 3.08. The first-order valence-corrected chi connectivity index (χ1v) is 9.73. The van der Waals surface area contributed by atoms with E-state index in [0.29, 0.717) is 11.3 Å². The third-order valence-electron chi connectivity index (χ3n) is 5.27. The molecule has 1 aliphatic heterocycles. The Bertz CT molecular complexity index is 1000. The van der Waals surface area contributed by atoms with E-state index < -0.39 is 11.7 Å². The summed E-state index contributed by atoms with van der Waals surface area (Å²) in [5.74, 6) is -0.152. The van der Waals surface area contributed by atoms with Gasteiger partial charge >= 0.3 is 0 Å². The molecule has 1 saturated heterocycles. The molecule has 6 nitrogen and oxygen atoms in total. The summed E-state index contributed by atoms with van der Waals surface area (Å²) >= 11 is 0. The number of pyridine rings is 1. The fraction of sp³-hybridized carbons (Fsp3) is 0.318. The van der Waals surface area contributed by atoms with Gasteiger partial charge in [-0.05, 0) is 43.9 Å². The summed E-state index contributed by atoms with van der Waals surface area (Å²) in [6.45, 7) is 4.17. The van der Waals surface area contributed by atoms with Gasteiger partial charge in [-0.1, -0.05) is 24.3 Å². The number of benzene rings is 1. The zero-order valence-corrected chi connectivity index (χ0v) is 16.0. The smallest absolute Gasteiger partial charge is 0.292 e. The van der Waals surface area contributed by atoms with E-state index in [1.165, 1.54) is 19.3 Å². The van der Waals surface area contributed by atoms with E-state index in [0.717, 1.165) is 35.4 Å². The molecule has 0 aliphatic carbocycles. The molecule has 1 fully saturated rings. The summed E-state index contributed by atoms with van der Waals surface area (Å²) in [5, 5.41) is 3.49. The van der Waals surface area contributed by atoms with Gasteiger partial charge in [0.1, 0.15) is 5.82 Å². The summed E-state index contributed by atoms with van der Waals surface area (Å²) in [5.41, 5.74) is 2.87. The molecule has 0 spiro atoms. The lowest BCUT2D eigenvalue weighted by Crippen LogP contribution is -2.31. The van der Waals surface area contributed by atoms with Crippen molar-refractivity contribution in [1.82, 2.24) is 15.3 Å². The summed E-state index contributed by atoms with van der Waals surface area (Å²) in [6, 6.07) is 11.4. The molecule has 0 saturated carbocycles. The number of hydrogen-bond donors (Lipinski definition) is 2. The van der Waals surface area contributed by atoms with Crippen molar-refractivity contribution in [3.63, 3.8) is 0 Å². The van der Waals surface area contributed by atoms with Gasteiger partial charge in [0.05, 0.1) is 5.56 Å². The first-order chi connectivity index (χ1) is 13.6. The standard InChI is InChI=1S/C22H24N4O2/c1-15-20(17-7-3-4-8-18(17)25-15)21(27)22(28)24-14-16-9-10-19(23-13-16)26-11-5-2-6-12-26/h3-4,7-10,13,25H,2,5-6,11-12,14H2,1H3,(H,24,28). The van der Waals surface area contributed by atoms with E-state index in [9.17, 15) is 9.59 Å². The third kappa shape index (κ3) is 3.63.